The van der Waals surface area contributed by atoms with Crippen molar-refractivity contribution in [1.82, 2.24) is 0 Å². The first-order valence-electron chi connectivity index (χ1n) is 13.1. The molecule has 0 aromatic heterocycles. The third-order valence-electron chi connectivity index (χ3n) is 8.83. The molecule has 188 valence electrons. The molecular weight excluding hydrogens is 456 g/mol. The molecule has 0 radical (unpaired) electrons. The van der Waals surface area contributed by atoms with E-state index in [4.69, 9.17) is 0 Å². The van der Waals surface area contributed by atoms with Gasteiger partial charge in [0.25, 0.3) is 0 Å². The Morgan fingerprint density at radius 3 is 2.14 bits per heavy atom. The van der Waals surface area contributed by atoms with Crippen molar-refractivity contribution in [2.75, 3.05) is 22.4 Å². The molecule has 4 saturated carbocycles. The molecule has 1 N–H and O–H groups in total. The van der Waals surface area contributed by atoms with Gasteiger partial charge in [0.05, 0.1) is 11.9 Å². The van der Waals surface area contributed by atoms with E-state index in [9.17, 15) is 13.2 Å². The predicted octanol–water partition coefficient (Wildman–Crippen LogP) is 5.96. The van der Waals surface area contributed by atoms with E-state index in [0.717, 1.165) is 34.6 Å². The minimum atomic E-state index is -3.44. The molecule has 4 fully saturated rings. The molecule has 6 rings (SSSR count). The van der Waals surface area contributed by atoms with Gasteiger partial charge in [0.15, 0.2) is 0 Å². The maximum absolute atomic E-state index is 12.6. The van der Waals surface area contributed by atoms with Crippen LogP contribution in [-0.2, 0) is 20.2 Å². The summed E-state index contributed by atoms with van der Waals surface area (Å²) in [4.78, 5) is 12.6. The van der Waals surface area contributed by atoms with Gasteiger partial charge in [0.2, 0.25) is 15.9 Å². The molecule has 35 heavy (non-hydrogen) atoms. The number of rotatable bonds is 8. The second-order valence-electron chi connectivity index (χ2n) is 11.5. The Morgan fingerprint density at radius 2 is 1.57 bits per heavy atom. The van der Waals surface area contributed by atoms with E-state index in [1.165, 1.54) is 54.6 Å². The zero-order chi connectivity index (χ0) is 24.8. The van der Waals surface area contributed by atoms with Gasteiger partial charge in [-0.15, -0.1) is 0 Å². The van der Waals surface area contributed by atoms with E-state index < -0.39 is 10.0 Å². The first kappa shape index (κ1) is 24.4. The molecule has 0 aliphatic heterocycles. The Kier molecular flexibility index (Phi) is 6.45. The lowest BCUT2D eigenvalue weighted by atomic mass is 9.48. The van der Waals surface area contributed by atoms with Crippen LogP contribution in [0.2, 0.25) is 0 Å². The molecule has 6 heteroatoms. The minimum absolute atomic E-state index is 0.0815. The van der Waals surface area contributed by atoms with Gasteiger partial charge < -0.3 is 5.32 Å². The van der Waals surface area contributed by atoms with Gasteiger partial charge in [-0.2, -0.15) is 0 Å². The largest absolute Gasteiger partial charge is 0.326 e. The molecule has 4 aliphatic rings. The molecule has 4 aliphatic carbocycles. The van der Waals surface area contributed by atoms with Crippen molar-refractivity contribution in [3.63, 3.8) is 0 Å². The molecule has 1 amide bonds. The number of nitrogens with one attached hydrogen (secondary N) is 1. The second kappa shape index (κ2) is 9.27. The van der Waals surface area contributed by atoms with Gasteiger partial charge in [0.1, 0.15) is 0 Å². The third-order valence-corrected chi connectivity index (χ3v) is 10.0. The molecule has 2 aromatic carbocycles. The number of nitrogens with zero attached hydrogens (tertiary/aromatic N) is 1. The smallest absolute Gasteiger partial charge is 0.232 e. The monoisotopic (exact) mass is 494 g/mol. The molecule has 0 saturated heterocycles. The number of benzene rings is 2. The summed E-state index contributed by atoms with van der Waals surface area (Å²) >= 11 is 0. The van der Waals surface area contributed by atoms with Crippen LogP contribution in [0.5, 0.6) is 0 Å². The van der Waals surface area contributed by atoms with E-state index in [0.29, 0.717) is 17.5 Å². The average Bonchev–Trinajstić information content (AvgIpc) is 2.78. The highest BCUT2D eigenvalue weighted by atomic mass is 32.2. The topological polar surface area (TPSA) is 66.5 Å². The fourth-order valence-corrected chi connectivity index (χ4v) is 8.46. The van der Waals surface area contributed by atoms with Crippen LogP contribution in [0.15, 0.2) is 42.5 Å². The van der Waals surface area contributed by atoms with Crippen molar-refractivity contribution in [3.05, 3.63) is 59.2 Å². The molecule has 4 bridgehead atoms. The van der Waals surface area contributed by atoms with Crippen LogP contribution in [-0.4, -0.2) is 27.1 Å². The van der Waals surface area contributed by atoms with E-state index in [-0.39, 0.29) is 18.9 Å². The van der Waals surface area contributed by atoms with Crippen molar-refractivity contribution < 1.29 is 13.2 Å². The molecule has 0 unspecified atom stereocenters. The summed E-state index contributed by atoms with van der Waals surface area (Å²) in [6.07, 6.45) is 10.3. The lowest BCUT2D eigenvalue weighted by Crippen LogP contribution is -2.48. The lowest BCUT2D eigenvalue weighted by Gasteiger charge is -2.57. The summed E-state index contributed by atoms with van der Waals surface area (Å²) in [5.74, 6) is 2.66. The molecule has 0 atom stereocenters. The fourth-order valence-electron chi connectivity index (χ4n) is 7.45. The van der Waals surface area contributed by atoms with E-state index in [1.807, 2.05) is 44.2 Å². The molecule has 0 heterocycles. The quantitative estimate of drug-likeness (QED) is 0.493. The van der Waals surface area contributed by atoms with Gasteiger partial charge in [-0.05, 0) is 117 Å². The number of hydrogen-bond donors (Lipinski definition) is 1. The van der Waals surface area contributed by atoms with Crippen molar-refractivity contribution in [1.29, 1.82) is 0 Å². The standard InChI is InChI=1S/C29H38N2O3S/c1-20-6-4-7-27(21(20)2)31(35(3,33)34)13-5-8-28(32)30-26-11-9-25(10-12-26)29-17-22-14-23(18-29)16-24(15-22)19-29/h4,6-7,9-12,22-24H,5,8,13-19H2,1-3H3,(H,30,32). The summed E-state index contributed by atoms with van der Waals surface area (Å²) in [6, 6.07) is 14.2. The normalized spacial score (nSPS) is 27.1. The fraction of sp³-hybridized carbons (Fsp3) is 0.552. The Labute approximate surface area is 210 Å². The molecule has 5 nitrogen and oxygen atoms in total. The first-order chi connectivity index (χ1) is 16.6. The van der Waals surface area contributed by atoms with Crippen LogP contribution >= 0.6 is 0 Å². The second-order valence-corrected chi connectivity index (χ2v) is 13.4. The summed E-state index contributed by atoms with van der Waals surface area (Å²) in [7, 11) is -3.44. The van der Waals surface area contributed by atoms with E-state index in [1.54, 1.807) is 0 Å². The number of anilines is 2. The van der Waals surface area contributed by atoms with Crippen LogP contribution in [0.25, 0.3) is 0 Å². The molecule has 2 aromatic rings. The van der Waals surface area contributed by atoms with Crippen molar-refractivity contribution in [3.8, 4) is 0 Å². The van der Waals surface area contributed by atoms with Gasteiger partial charge in [-0.25, -0.2) is 8.42 Å². The first-order valence-corrected chi connectivity index (χ1v) is 14.9. The Balaban J connectivity index is 1.18. The van der Waals surface area contributed by atoms with Crippen molar-refractivity contribution in [2.24, 2.45) is 17.8 Å². The number of amides is 1. The minimum Gasteiger partial charge on any atom is -0.326 e. The highest BCUT2D eigenvalue weighted by Gasteiger charge is 2.51. The van der Waals surface area contributed by atoms with Crippen LogP contribution < -0.4 is 9.62 Å². The van der Waals surface area contributed by atoms with Gasteiger partial charge in [0, 0.05) is 18.7 Å². The third kappa shape index (κ3) is 5.00. The zero-order valence-corrected chi connectivity index (χ0v) is 22.0. The number of carbonyl (C=O) groups is 1. The summed E-state index contributed by atoms with van der Waals surface area (Å²) in [6.45, 7) is 4.19. The molecular formula is C29H38N2O3S. The van der Waals surface area contributed by atoms with Crippen LogP contribution in [0, 0.1) is 31.6 Å². The number of hydrogen-bond acceptors (Lipinski definition) is 3. The highest BCUT2D eigenvalue weighted by molar-refractivity contribution is 7.92. The highest BCUT2D eigenvalue weighted by Crippen LogP contribution is 2.60. The number of aryl methyl sites for hydroxylation is 1. The Morgan fingerprint density at radius 1 is 0.971 bits per heavy atom. The SMILES string of the molecule is Cc1cccc(N(CCCC(=O)Nc2ccc(C34CC5CC(CC(C5)C3)C4)cc2)S(C)(=O)=O)c1C. The van der Waals surface area contributed by atoms with Crippen molar-refractivity contribution in [2.45, 2.75) is 70.6 Å². The van der Waals surface area contributed by atoms with Gasteiger partial charge in [-0.1, -0.05) is 24.3 Å². The lowest BCUT2D eigenvalue weighted by molar-refractivity contribution is -0.116. The Bertz CT molecular complexity index is 1170. The van der Waals surface area contributed by atoms with Crippen LogP contribution in [0.4, 0.5) is 11.4 Å². The summed E-state index contributed by atoms with van der Waals surface area (Å²) in [5, 5.41) is 3.01. The molecule has 0 spiro atoms. The summed E-state index contributed by atoms with van der Waals surface area (Å²) in [5.41, 5.74) is 5.31. The maximum Gasteiger partial charge on any atom is 0.232 e. The average molecular weight is 495 g/mol. The van der Waals surface area contributed by atoms with E-state index in [2.05, 4.69) is 17.4 Å². The number of sulfonamides is 1. The van der Waals surface area contributed by atoms with E-state index >= 15 is 0 Å². The maximum atomic E-state index is 12.6. The van der Waals surface area contributed by atoms with Crippen LogP contribution in [0.1, 0.15) is 68.1 Å². The zero-order valence-electron chi connectivity index (χ0n) is 21.2. The van der Waals surface area contributed by atoms with Gasteiger partial charge >= 0.3 is 0 Å². The summed E-state index contributed by atoms with van der Waals surface area (Å²) < 4.78 is 26.3. The van der Waals surface area contributed by atoms with Gasteiger partial charge in [-0.3, -0.25) is 9.10 Å². The van der Waals surface area contributed by atoms with Crippen LogP contribution in [0.3, 0.4) is 0 Å². The Hall–Kier alpha value is -2.34. The predicted molar refractivity (Wildman–Crippen MR) is 142 cm³/mol. The number of carbonyl (C=O) groups excluding carboxylic acids is 1. The van der Waals surface area contributed by atoms with Crippen molar-refractivity contribution >= 4 is 27.3 Å².